The quantitative estimate of drug-likeness (QED) is 0.439. The maximum Gasteiger partial charge on any atom is 0.276 e. The Hall–Kier alpha value is -3.65. The number of benzene rings is 2. The minimum atomic E-state index is -0.439. The molecule has 1 N–H and O–H groups in total. The van der Waals surface area contributed by atoms with E-state index in [0.29, 0.717) is 27.9 Å². The van der Waals surface area contributed by atoms with Gasteiger partial charge >= 0.3 is 0 Å². The molecule has 1 fully saturated rings. The van der Waals surface area contributed by atoms with Crippen LogP contribution in [-0.4, -0.2) is 23.0 Å². The first kappa shape index (κ1) is 20.6. The summed E-state index contributed by atoms with van der Waals surface area (Å²) < 4.78 is 30.1. The van der Waals surface area contributed by atoms with Gasteiger partial charge in [0.2, 0.25) is 0 Å². The van der Waals surface area contributed by atoms with E-state index in [1.807, 2.05) is 12.1 Å². The lowest BCUT2D eigenvalue weighted by atomic mass is 10.1. The Labute approximate surface area is 183 Å². The number of para-hydroxylation sites is 1. The smallest absolute Gasteiger partial charge is 0.276 e. The third-order valence-corrected chi connectivity index (χ3v) is 5.01. The van der Waals surface area contributed by atoms with Crippen LogP contribution >= 0.6 is 12.2 Å². The van der Waals surface area contributed by atoms with Crippen molar-refractivity contribution in [1.82, 2.24) is 10.2 Å². The number of carbonyl (C=O) groups is 1. The second-order valence-corrected chi connectivity index (χ2v) is 7.14. The number of methoxy groups -OCH3 is 1. The molecule has 3 aromatic rings. The fraction of sp³-hybridized carbons (Fsp3) is 0.130. The summed E-state index contributed by atoms with van der Waals surface area (Å²) in [5.74, 6) is 0.696. The third kappa shape index (κ3) is 4.59. The summed E-state index contributed by atoms with van der Waals surface area (Å²) in [6.45, 7) is 0.352. The topological polar surface area (TPSA) is 63.9 Å². The van der Waals surface area contributed by atoms with E-state index < -0.39 is 5.82 Å². The number of ether oxygens (including phenoxy) is 2. The van der Waals surface area contributed by atoms with E-state index in [4.69, 9.17) is 26.1 Å². The Morgan fingerprint density at radius 1 is 1.16 bits per heavy atom. The lowest BCUT2D eigenvalue weighted by Gasteiger charge is -2.12. The molecule has 0 spiro atoms. The molecule has 1 amide bonds. The van der Waals surface area contributed by atoms with Gasteiger partial charge in [-0.2, -0.15) is 0 Å². The number of thiocarbonyl (C=S) groups is 1. The summed E-state index contributed by atoms with van der Waals surface area (Å²) in [5.41, 5.74) is 1.80. The van der Waals surface area contributed by atoms with Gasteiger partial charge in [0.05, 0.1) is 19.9 Å². The molecule has 4 rings (SSSR count). The van der Waals surface area contributed by atoms with E-state index >= 15 is 0 Å². The number of nitrogens with one attached hydrogen (secondary N) is 1. The second kappa shape index (κ2) is 9.01. The third-order valence-electron chi connectivity index (χ3n) is 4.69. The second-order valence-electron chi connectivity index (χ2n) is 6.75. The zero-order valence-corrected chi connectivity index (χ0v) is 17.4. The minimum Gasteiger partial charge on any atom is -0.496 e. The van der Waals surface area contributed by atoms with Crippen LogP contribution in [-0.2, 0) is 17.9 Å². The molecule has 2 heterocycles. The molecule has 6 nitrogen and oxygen atoms in total. The normalized spacial score (nSPS) is 14.8. The Kier molecular flexibility index (Phi) is 5.99. The van der Waals surface area contributed by atoms with Crippen molar-refractivity contribution in [2.24, 2.45) is 0 Å². The number of amides is 1. The van der Waals surface area contributed by atoms with Gasteiger partial charge in [0.25, 0.3) is 5.91 Å². The monoisotopic (exact) mass is 438 g/mol. The van der Waals surface area contributed by atoms with E-state index in [1.54, 1.807) is 55.8 Å². The molecule has 0 saturated carbocycles. The number of rotatable bonds is 7. The molecule has 0 bridgehead atoms. The van der Waals surface area contributed by atoms with Crippen LogP contribution in [0.25, 0.3) is 6.08 Å². The van der Waals surface area contributed by atoms with Crippen LogP contribution in [0.1, 0.15) is 16.9 Å². The van der Waals surface area contributed by atoms with Gasteiger partial charge in [-0.15, -0.1) is 0 Å². The van der Waals surface area contributed by atoms with Gasteiger partial charge in [0, 0.05) is 5.56 Å². The lowest BCUT2D eigenvalue weighted by molar-refractivity contribution is -0.122. The highest BCUT2D eigenvalue weighted by Gasteiger charge is 2.31. The van der Waals surface area contributed by atoms with Gasteiger partial charge in [-0.05, 0) is 60.3 Å². The van der Waals surface area contributed by atoms with Crippen molar-refractivity contribution in [3.63, 3.8) is 0 Å². The van der Waals surface area contributed by atoms with Gasteiger partial charge in [0.15, 0.2) is 16.7 Å². The highest BCUT2D eigenvalue weighted by molar-refractivity contribution is 7.80. The fourth-order valence-electron chi connectivity index (χ4n) is 3.16. The summed E-state index contributed by atoms with van der Waals surface area (Å²) >= 11 is 5.29. The molecule has 1 aliphatic heterocycles. The first-order chi connectivity index (χ1) is 15.0. The van der Waals surface area contributed by atoms with Crippen molar-refractivity contribution < 1.29 is 23.1 Å². The zero-order valence-electron chi connectivity index (χ0n) is 16.6. The Morgan fingerprint density at radius 2 is 2.00 bits per heavy atom. The van der Waals surface area contributed by atoms with Crippen LogP contribution in [0.15, 0.2) is 71.0 Å². The minimum absolute atomic E-state index is 0.103. The van der Waals surface area contributed by atoms with Crippen LogP contribution < -0.4 is 14.8 Å². The van der Waals surface area contributed by atoms with Gasteiger partial charge in [0.1, 0.15) is 23.8 Å². The van der Waals surface area contributed by atoms with Gasteiger partial charge < -0.3 is 19.2 Å². The number of hydrogen-bond donors (Lipinski definition) is 1. The van der Waals surface area contributed by atoms with Crippen molar-refractivity contribution in [2.75, 3.05) is 7.11 Å². The van der Waals surface area contributed by atoms with Gasteiger partial charge in [-0.3, -0.25) is 9.69 Å². The molecule has 0 unspecified atom stereocenters. The summed E-state index contributed by atoms with van der Waals surface area (Å²) in [6.07, 6.45) is 3.24. The van der Waals surface area contributed by atoms with Crippen molar-refractivity contribution in [2.45, 2.75) is 13.2 Å². The first-order valence-electron chi connectivity index (χ1n) is 9.46. The Morgan fingerprint density at radius 3 is 2.74 bits per heavy atom. The molecular weight excluding hydrogens is 419 g/mol. The fourth-order valence-corrected chi connectivity index (χ4v) is 3.42. The number of furan rings is 1. The van der Waals surface area contributed by atoms with Crippen molar-refractivity contribution in [1.29, 1.82) is 0 Å². The number of halogens is 1. The van der Waals surface area contributed by atoms with E-state index in [9.17, 15) is 9.18 Å². The molecule has 2 aromatic carbocycles. The highest BCUT2D eigenvalue weighted by atomic mass is 32.1. The molecule has 1 saturated heterocycles. The van der Waals surface area contributed by atoms with E-state index in [-0.39, 0.29) is 24.8 Å². The van der Waals surface area contributed by atoms with Crippen LogP contribution in [0, 0.1) is 5.82 Å². The summed E-state index contributed by atoms with van der Waals surface area (Å²) in [5, 5.41) is 3.25. The Balaban J connectivity index is 1.53. The zero-order chi connectivity index (χ0) is 21.8. The molecule has 0 aliphatic carbocycles. The van der Waals surface area contributed by atoms with Crippen molar-refractivity contribution in [3.05, 3.63) is 89.3 Å². The summed E-state index contributed by atoms with van der Waals surface area (Å²) in [6, 6.07) is 15.1. The largest absolute Gasteiger partial charge is 0.496 e. The predicted molar refractivity (Wildman–Crippen MR) is 117 cm³/mol. The van der Waals surface area contributed by atoms with Crippen molar-refractivity contribution in [3.8, 4) is 11.5 Å². The number of nitrogens with zero attached hydrogens (tertiary/aromatic N) is 1. The molecule has 0 atom stereocenters. The number of carbonyl (C=O) groups excluding carboxylic acids is 1. The molecule has 158 valence electrons. The maximum absolute atomic E-state index is 13.8. The van der Waals surface area contributed by atoms with Crippen LogP contribution in [0.3, 0.4) is 0 Å². The molecule has 1 aromatic heterocycles. The van der Waals surface area contributed by atoms with E-state index in [2.05, 4.69) is 5.32 Å². The molecule has 0 radical (unpaired) electrons. The molecule has 31 heavy (non-hydrogen) atoms. The van der Waals surface area contributed by atoms with Crippen LogP contribution in [0.2, 0.25) is 0 Å². The number of hydrogen-bond acceptors (Lipinski definition) is 5. The van der Waals surface area contributed by atoms with Crippen LogP contribution in [0.5, 0.6) is 11.5 Å². The van der Waals surface area contributed by atoms with Crippen LogP contribution in [0.4, 0.5) is 4.39 Å². The standard InChI is InChI=1S/C23H19FN2O4S/c1-28-20-9-8-15(11-16(20)14-30-21-7-3-2-6-18(21)24)12-19-22(27)26(23(31)25-19)13-17-5-4-10-29-17/h2-12H,13-14H2,1H3,(H,25,31)/b19-12+. The van der Waals surface area contributed by atoms with Crippen molar-refractivity contribution >= 4 is 29.3 Å². The SMILES string of the molecule is COc1ccc(/C=C2/NC(=S)N(Cc3ccco3)C2=O)cc1COc1ccccc1F. The average molecular weight is 438 g/mol. The predicted octanol–water partition coefficient (Wildman–Crippen LogP) is 4.26. The molecular formula is C23H19FN2O4S. The molecule has 1 aliphatic rings. The summed E-state index contributed by atoms with van der Waals surface area (Å²) in [7, 11) is 1.55. The van der Waals surface area contributed by atoms with Gasteiger partial charge in [-0.1, -0.05) is 18.2 Å². The average Bonchev–Trinajstić information content (AvgIpc) is 3.37. The molecule has 8 heteroatoms. The maximum atomic E-state index is 13.8. The highest BCUT2D eigenvalue weighted by Crippen LogP contribution is 2.25. The van der Waals surface area contributed by atoms with E-state index in [1.165, 1.54) is 11.0 Å². The van der Waals surface area contributed by atoms with Gasteiger partial charge in [-0.25, -0.2) is 4.39 Å². The van der Waals surface area contributed by atoms with E-state index in [0.717, 1.165) is 5.56 Å². The first-order valence-corrected chi connectivity index (χ1v) is 9.87. The Bertz CT molecular complexity index is 1140. The lowest BCUT2D eigenvalue weighted by Crippen LogP contribution is -2.29. The summed E-state index contributed by atoms with van der Waals surface area (Å²) in [4.78, 5) is 14.2.